The summed E-state index contributed by atoms with van der Waals surface area (Å²) < 4.78 is 0. The second kappa shape index (κ2) is 6.12. The lowest BCUT2D eigenvalue weighted by molar-refractivity contribution is 0.969. The number of benzene rings is 2. The van der Waals surface area contributed by atoms with Gasteiger partial charge in [0.25, 0.3) is 0 Å². The van der Waals surface area contributed by atoms with Crippen LogP contribution in [0.4, 0.5) is 0 Å². The summed E-state index contributed by atoms with van der Waals surface area (Å²) in [5, 5.41) is 0. The normalized spacial score (nSPS) is 15.3. The highest BCUT2D eigenvalue weighted by Gasteiger charge is 2.14. The first-order valence-electron chi connectivity index (χ1n) is 6.86. The van der Waals surface area contributed by atoms with E-state index in [2.05, 4.69) is 72.4 Å². The molecule has 0 amide bonds. The van der Waals surface area contributed by atoms with Crippen molar-refractivity contribution >= 4 is 17.3 Å². The molecule has 0 aliphatic carbocycles. The van der Waals surface area contributed by atoms with Gasteiger partial charge < -0.3 is 0 Å². The van der Waals surface area contributed by atoms with Crippen molar-refractivity contribution in [3.05, 3.63) is 77.4 Å². The van der Waals surface area contributed by atoms with Gasteiger partial charge in [0.1, 0.15) is 0 Å². The van der Waals surface area contributed by atoms with Gasteiger partial charge in [-0.1, -0.05) is 66.2 Å². The molecule has 1 heterocycles. The molecule has 1 saturated heterocycles. The molecule has 96 valence electrons. The van der Waals surface area contributed by atoms with Gasteiger partial charge in [-0.15, -0.1) is 0 Å². The second-order valence-corrected chi connectivity index (χ2v) is 6.05. The Kier molecular flexibility index (Phi) is 4.04. The minimum atomic E-state index is 1.23. The zero-order valence-corrected chi connectivity index (χ0v) is 11.8. The Morgan fingerprint density at radius 1 is 0.684 bits per heavy atom. The van der Waals surface area contributed by atoms with Crippen LogP contribution in [0.15, 0.2) is 66.2 Å². The minimum Gasteiger partial charge on any atom is -0.161 e. The van der Waals surface area contributed by atoms with Gasteiger partial charge in [-0.05, 0) is 41.0 Å². The fourth-order valence-corrected chi connectivity index (χ4v) is 3.64. The Balaban J connectivity index is 2.11. The standard InChI is InChI=1S/C18H18S/c1-3-7-15(8-4-1)18(16-9-5-2-6-10-16)17-11-13-19-14-12-17/h1-10H,11-14H2. The summed E-state index contributed by atoms with van der Waals surface area (Å²) >= 11 is 2.07. The lowest BCUT2D eigenvalue weighted by Crippen LogP contribution is -2.03. The molecule has 0 saturated carbocycles. The molecule has 0 spiro atoms. The van der Waals surface area contributed by atoms with Gasteiger partial charge in [0.2, 0.25) is 0 Å². The monoisotopic (exact) mass is 266 g/mol. The van der Waals surface area contributed by atoms with E-state index in [1.807, 2.05) is 0 Å². The molecule has 19 heavy (non-hydrogen) atoms. The van der Waals surface area contributed by atoms with Crippen molar-refractivity contribution in [2.24, 2.45) is 0 Å². The number of hydrogen-bond donors (Lipinski definition) is 0. The molecule has 0 nitrogen and oxygen atoms in total. The largest absolute Gasteiger partial charge is 0.161 e. The quantitative estimate of drug-likeness (QED) is 0.736. The van der Waals surface area contributed by atoms with Crippen molar-refractivity contribution in [3.63, 3.8) is 0 Å². The molecule has 0 unspecified atom stereocenters. The Morgan fingerprint density at radius 3 is 1.63 bits per heavy atom. The van der Waals surface area contributed by atoms with E-state index < -0.39 is 0 Å². The van der Waals surface area contributed by atoms with Crippen LogP contribution < -0.4 is 0 Å². The Morgan fingerprint density at radius 2 is 1.16 bits per heavy atom. The number of thioether (sulfide) groups is 1. The van der Waals surface area contributed by atoms with Crippen LogP contribution in [0.3, 0.4) is 0 Å². The molecule has 1 aliphatic heterocycles. The molecule has 2 aromatic rings. The maximum atomic E-state index is 2.23. The molecule has 0 bridgehead atoms. The first-order valence-corrected chi connectivity index (χ1v) is 8.01. The molecule has 1 fully saturated rings. The first-order chi connectivity index (χ1) is 9.45. The van der Waals surface area contributed by atoms with E-state index in [0.717, 1.165) is 0 Å². The third kappa shape index (κ3) is 2.93. The molecule has 0 radical (unpaired) electrons. The molecule has 0 aromatic heterocycles. The summed E-state index contributed by atoms with van der Waals surface area (Å²) in [6.45, 7) is 0. The zero-order chi connectivity index (χ0) is 12.9. The van der Waals surface area contributed by atoms with Gasteiger partial charge in [-0.25, -0.2) is 0 Å². The van der Waals surface area contributed by atoms with Crippen LogP contribution in [-0.4, -0.2) is 11.5 Å². The van der Waals surface area contributed by atoms with E-state index in [9.17, 15) is 0 Å². The summed E-state index contributed by atoms with van der Waals surface area (Å²) in [5.41, 5.74) is 5.80. The summed E-state index contributed by atoms with van der Waals surface area (Å²) in [6, 6.07) is 21.7. The van der Waals surface area contributed by atoms with Gasteiger partial charge in [0, 0.05) is 0 Å². The summed E-state index contributed by atoms with van der Waals surface area (Å²) in [5.74, 6) is 2.52. The predicted octanol–water partition coefficient (Wildman–Crippen LogP) is 5.02. The average Bonchev–Trinajstić information content (AvgIpc) is 2.51. The van der Waals surface area contributed by atoms with Crippen molar-refractivity contribution < 1.29 is 0 Å². The van der Waals surface area contributed by atoms with E-state index in [4.69, 9.17) is 0 Å². The van der Waals surface area contributed by atoms with Crippen molar-refractivity contribution in [2.45, 2.75) is 12.8 Å². The smallest absolute Gasteiger partial charge is 0.00298 e. The predicted molar refractivity (Wildman–Crippen MR) is 85.5 cm³/mol. The zero-order valence-electron chi connectivity index (χ0n) is 11.0. The second-order valence-electron chi connectivity index (χ2n) is 4.82. The highest BCUT2D eigenvalue weighted by atomic mass is 32.2. The number of allylic oxidation sites excluding steroid dienone is 1. The third-order valence-corrected chi connectivity index (χ3v) is 4.56. The lowest BCUT2D eigenvalue weighted by atomic mass is 9.90. The first kappa shape index (κ1) is 12.6. The van der Waals surface area contributed by atoms with Crippen LogP contribution in [0, 0.1) is 0 Å². The van der Waals surface area contributed by atoms with Crippen LogP contribution in [0.25, 0.3) is 5.57 Å². The molecular formula is C18H18S. The topological polar surface area (TPSA) is 0 Å². The highest BCUT2D eigenvalue weighted by molar-refractivity contribution is 7.99. The van der Waals surface area contributed by atoms with Gasteiger partial charge in [0.15, 0.2) is 0 Å². The van der Waals surface area contributed by atoms with Crippen LogP contribution in [0.1, 0.15) is 24.0 Å². The van der Waals surface area contributed by atoms with Gasteiger partial charge >= 0.3 is 0 Å². The summed E-state index contributed by atoms with van der Waals surface area (Å²) in [4.78, 5) is 0. The Hall–Kier alpha value is -1.47. The maximum absolute atomic E-state index is 2.23. The van der Waals surface area contributed by atoms with Gasteiger partial charge in [-0.3, -0.25) is 0 Å². The lowest BCUT2D eigenvalue weighted by Gasteiger charge is -2.20. The van der Waals surface area contributed by atoms with Crippen molar-refractivity contribution in [3.8, 4) is 0 Å². The maximum Gasteiger partial charge on any atom is -0.00298 e. The van der Waals surface area contributed by atoms with Crippen LogP contribution in [0.5, 0.6) is 0 Å². The molecule has 1 heteroatoms. The molecule has 1 aliphatic rings. The molecule has 0 atom stereocenters. The van der Waals surface area contributed by atoms with Gasteiger partial charge in [0.05, 0.1) is 0 Å². The Labute approximate surface area is 119 Å². The SMILES string of the molecule is c1ccc(C(=C2CCSCC2)c2ccccc2)cc1. The summed E-state index contributed by atoms with van der Waals surface area (Å²) in [6.07, 6.45) is 2.45. The average molecular weight is 266 g/mol. The molecule has 2 aromatic carbocycles. The van der Waals surface area contributed by atoms with E-state index in [-0.39, 0.29) is 0 Å². The van der Waals surface area contributed by atoms with E-state index in [0.29, 0.717) is 0 Å². The van der Waals surface area contributed by atoms with Crippen molar-refractivity contribution in [1.29, 1.82) is 0 Å². The third-order valence-electron chi connectivity index (χ3n) is 3.57. The summed E-state index contributed by atoms with van der Waals surface area (Å²) in [7, 11) is 0. The minimum absolute atomic E-state index is 1.23. The fourth-order valence-electron chi connectivity index (χ4n) is 2.65. The molecule has 0 N–H and O–H groups in total. The highest BCUT2D eigenvalue weighted by Crippen LogP contribution is 2.33. The molecule has 3 rings (SSSR count). The Bertz CT molecular complexity index is 505. The fraction of sp³-hybridized carbons (Fsp3) is 0.222. The van der Waals surface area contributed by atoms with E-state index in [1.165, 1.54) is 41.0 Å². The van der Waals surface area contributed by atoms with Crippen LogP contribution in [-0.2, 0) is 0 Å². The van der Waals surface area contributed by atoms with Crippen LogP contribution in [0.2, 0.25) is 0 Å². The number of rotatable bonds is 2. The number of hydrogen-bond acceptors (Lipinski definition) is 1. The van der Waals surface area contributed by atoms with Crippen LogP contribution >= 0.6 is 11.8 Å². The van der Waals surface area contributed by atoms with E-state index >= 15 is 0 Å². The molecular weight excluding hydrogens is 248 g/mol. The van der Waals surface area contributed by atoms with Crippen molar-refractivity contribution in [1.82, 2.24) is 0 Å². The van der Waals surface area contributed by atoms with E-state index in [1.54, 1.807) is 5.57 Å². The van der Waals surface area contributed by atoms with Crippen molar-refractivity contribution in [2.75, 3.05) is 11.5 Å². The van der Waals surface area contributed by atoms with Gasteiger partial charge in [-0.2, -0.15) is 11.8 Å².